The zero-order valence-corrected chi connectivity index (χ0v) is 6.76. The van der Waals surface area contributed by atoms with Gasteiger partial charge in [0.25, 0.3) is 0 Å². The summed E-state index contributed by atoms with van der Waals surface area (Å²) in [5.74, 6) is 0.337. The summed E-state index contributed by atoms with van der Waals surface area (Å²) in [4.78, 5) is 0. The van der Waals surface area contributed by atoms with Gasteiger partial charge < -0.3 is 0 Å². The molecule has 1 N–H and O–H groups in total. The van der Waals surface area contributed by atoms with Gasteiger partial charge >= 0.3 is 61.0 Å². The number of hydrogen-bond donors (Lipinski definition) is 1. The third-order valence-electron chi connectivity index (χ3n) is 0.850. The first-order valence-electron chi connectivity index (χ1n) is 2.27. The maximum atomic E-state index is 8.76. The van der Waals surface area contributed by atoms with Crippen LogP contribution < -0.4 is 3.61 Å². The number of aromatic hydroxyl groups is 1. The summed E-state index contributed by atoms with van der Waals surface area (Å²) in [6.07, 6.45) is 0. The van der Waals surface area contributed by atoms with E-state index < -0.39 is 0 Å². The van der Waals surface area contributed by atoms with Crippen molar-refractivity contribution in [2.75, 3.05) is 0 Å². The average Bonchev–Trinajstić information content (AvgIpc) is 1.77. The molecule has 0 saturated carbocycles. The van der Waals surface area contributed by atoms with Crippen LogP contribution in [0, 0.1) is 0 Å². The van der Waals surface area contributed by atoms with E-state index in [4.69, 9.17) is 5.11 Å². The third kappa shape index (κ3) is 1.40. The molecule has 0 bridgehead atoms. The predicted octanol–water partition coefficient (Wildman–Crippen LogP) is -0.0817. The summed E-state index contributed by atoms with van der Waals surface area (Å²) in [5.41, 5.74) is 0. The van der Waals surface area contributed by atoms with Crippen molar-refractivity contribution in [3.8, 4) is 5.75 Å². The van der Waals surface area contributed by atoms with Gasteiger partial charge in [0.1, 0.15) is 0 Å². The fourth-order valence-electron chi connectivity index (χ4n) is 0.453. The molecule has 0 spiro atoms. The molecule has 0 radical (unpaired) electrons. The molecule has 0 heterocycles. The van der Waals surface area contributed by atoms with Crippen molar-refractivity contribution in [1.82, 2.24) is 0 Å². The van der Waals surface area contributed by atoms with Crippen LogP contribution in [0.25, 0.3) is 0 Å². The predicted molar refractivity (Wildman–Crippen MR) is 34.9 cm³/mol. The van der Waals surface area contributed by atoms with Crippen LogP contribution in [0.1, 0.15) is 0 Å². The molecule has 0 aliphatic heterocycles. The Morgan fingerprint density at radius 3 is 2.00 bits per heavy atom. The Morgan fingerprint density at radius 1 is 1.12 bits per heavy atom. The molecule has 0 saturated heterocycles. The summed E-state index contributed by atoms with van der Waals surface area (Å²) in [5, 5.41) is 8.76. The molecule has 1 rings (SSSR count). The summed E-state index contributed by atoms with van der Waals surface area (Å²) in [6.45, 7) is 0. The molecule has 0 fully saturated rings. The van der Waals surface area contributed by atoms with Gasteiger partial charge in [-0.3, -0.25) is 0 Å². The van der Waals surface area contributed by atoms with E-state index in [1.807, 2.05) is 12.1 Å². The van der Waals surface area contributed by atoms with E-state index in [0.717, 1.165) is 0 Å². The Hall–Kier alpha value is -0.190. The van der Waals surface area contributed by atoms with Crippen molar-refractivity contribution in [2.24, 2.45) is 0 Å². The van der Waals surface area contributed by atoms with Gasteiger partial charge in [-0.2, -0.15) is 0 Å². The molecule has 0 aromatic heterocycles. The van der Waals surface area contributed by atoms with Crippen LogP contribution in [-0.2, 0) is 0 Å². The zero-order chi connectivity index (χ0) is 5.98. The Bertz CT molecular complexity index is 147. The van der Waals surface area contributed by atoms with Crippen LogP contribution in [-0.4, -0.2) is 27.4 Å². The normalized spacial score (nSPS) is 9.12. The minimum atomic E-state index is 0.337. The molecular formula is C6H6OTe. The molecule has 1 aromatic carbocycles. The van der Waals surface area contributed by atoms with Crippen molar-refractivity contribution in [3.05, 3.63) is 24.3 Å². The summed E-state index contributed by atoms with van der Waals surface area (Å²) < 4.78 is 1.22. The van der Waals surface area contributed by atoms with Crippen LogP contribution >= 0.6 is 0 Å². The van der Waals surface area contributed by atoms with Gasteiger partial charge in [0.2, 0.25) is 0 Å². The summed E-state index contributed by atoms with van der Waals surface area (Å²) in [7, 11) is 0. The zero-order valence-electron chi connectivity index (χ0n) is 4.20. The fourth-order valence-corrected chi connectivity index (χ4v) is 0.878. The number of phenolic OH excluding ortho intramolecular Hbond substituents is 1. The minimum absolute atomic E-state index is 0.337. The first kappa shape index (κ1) is 5.94. The summed E-state index contributed by atoms with van der Waals surface area (Å²) >= 11 is 1.65. The van der Waals surface area contributed by atoms with Crippen LogP contribution in [0.3, 0.4) is 0 Å². The van der Waals surface area contributed by atoms with Crippen molar-refractivity contribution in [3.63, 3.8) is 0 Å². The van der Waals surface area contributed by atoms with Crippen molar-refractivity contribution >= 4 is 25.9 Å². The van der Waals surface area contributed by atoms with E-state index in [1.165, 1.54) is 3.61 Å². The SMILES string of the molecule is Oc1ccc([TeH])cc1. The first-order chi connectivity index (χ1) is 3.79. The molecule has 42 valence electrons. The maximum absolute atomic E-state index is 8.76. The van der Waals surface area contributed by atoms with E-state index in [2.05, 4.69) is 0 Å². The number of phenols is 1. The standard InChI is InChI=1S/C6H6OTe/c7-5-1-3-6(8)4-2-5/h1-4,7-8H. The van der Waals surface area contributed by atoms with Gasteiger partial charge in [-0.25, -0.2) is 0 Å². The van der Waals surface area contributed by atoms with Crippen molar-refractivity contribution in [1.29, 1.82) is 0 Å². The molecule has 0 amide bonds. The molecule has 1 aromatic rings. The number of rotatable bonds is 0. The fraction of sp³-hybridized carbons (Fsp3) is 0. The van der Waals surface area contributed by atoms with Crippen LogP contribution in [0.15, 0.2) is 24.3 Å². The topological polar surface area (TPSA) is 20.2 Å². The number of benzene rings is 1. The first-order valence-corrected chi connectivity index (χ1v) is 3.54. The van der Waals surface area contributed by atoms with Gasteiger partial charge in [-0.05, 0) is 0 Å². The Kier molecular flexibility index (Phi) is 1.77. The van der Waals surface area contributed by atoms with Crippen molar-refractivity contribution in [2.45, 2.75) is 0 Å². The van der Waals surface area contributed by atoms with Crippen LogP contribution in [0.2, 0.25) is 0 Å². The van der Waals surface area contributed by atoms with E-state index in [0.29, 0.717) is 5.75 Å². The van der Waals surface area contributed by atoms with Crippen LogP contribution in [0.5, 0.6) is 5.75 Å². The molecule has 8 heavy (non-hydrogen) atoms. The molecule has 2 heteroatoms. The van der Waals surface area contributed by atoms with Gasteiger partial charge in [0.15, 0.2) is 0 Å². The molecule has 0 unspecified atom stereocenters. The Balaban J connectivity index is 3.03. The molecular weight excluding hydrogens is 216 g/mol. The van der Waals surface area contributed by atoms with E-state index >= 15 is 0 Å². The molecule has 0 aliphatic carbocycles. The quantitative estimate of drug-likeness (QED) is 0.608. The Labute approximate surface area is 61.2 Å². The van der Waals surface area contributed by atoms with Gasteiger partial charge in [-0.15, -0.1) is 0 Å². The second-order valence-corrected chi connectivity index (χ2v) is 2.99. The number of hydrogen-bond acceptors (Lipinski definition) is 1. The monoisotopic (exact) mass is 224 g/mol. The van der Waals surface area contributed by atoms with E-state index in [-0.39, 0.29) is 0 Å². The van der Waals surface area contributed by atoms with Crippen molar-refractivity contribution < 1.29 is 5.11 Å². The average molecular weight is 222 g/mol. The second-order valence-electron chi connectivity index (χ2n) is 1.52. The van der Waals surface area contributed by atoms with Gasteiger partial charge in [0, 0.05) is 0 Å². The van der Waals surface area contributed by atoms with E-state index in [1.54, 1.807) is 34.4 Å². The van der Waals surface area contributed by atoms with Crippen LogP contribution in [0.4, 0.5) is 0 Å². The third-order valence-corrected chi connectivity index (χ3v) is 1.70. The van der Waals surface area contributed by atoms with Gasteiger partial charge in [0.05, 0.1) is 0 Å². The Morgan fingerprint density at radius 2 is 1.62 bits per heavy atom. The summed E-state index contributed by atoms with van der Waals surface area (Å²) in [6, 6.07) is 7.16. The molecule has 0 aliphatic rings. The molecule has 1 nitrogen and oxygen atoms in total. The molecule has 0 atom stereocenters. The van der Waals surface area contributed by atoms with E-state index in [9.17, 15) is 0 Å². The van der Waals surface area contributed by atoms with Gasteiger partial charge in [-0.1, -0.05) is 0 Å². The second kappa shape index (κ2) is 2.39.